The number of hydrogen-bond donors (Lipinski definition) is 2. The zero-order valence-corrected chi connectivity index (χ0v) is 17.2. The van der Waals surface area contributed by atoms with E-state index in [1.807, 2.05) is 18.2 Å². The highest BCUT2D eigenvalue weighted by Crippen LogP contribution is 2.22. The van der Waals surface area contributed by atoms with Crippen LogP contribution in [0.4, 0.5) is 10.7 Å². The van der Waals surface area contributed by atoms with Crippen LogP contribution in [0, 0.1) is 13.8 Å². The van der Waals surface area contributed by atoms with Crippen molar-refractivity contribution >= 4 is 34.1 Å². The molecule has 0 spiro atoms. The Hall–Kier alpha value is -3.40. The molecule has 0 saturated heterocycles. The predicted octanol–water partition coefficient (Wildman–Crippen LogP) is 2.02. The Balaban J connectivity index is 1.81. The number of rotatable bonds is 5. The monoisotopic (exact) mass is 415 g/mol. The van der Waals surface area contributed by atoms with Crippen molar-refractivity contribution in [1.29, 1.82) is 0 Å². The molecule has 10 heteroatoms. The molecular formula is C19H21N5O4S. The Morgan fingerprint density at radius 2 is 1.90 bits per heavy atom. The van der Waals surface area contributed by atoms with E-state index in [4.69, 9.17) is 10.5 Å². The predicted molar refractivity (Wildman–Crippen MR) is 111 cm³/mol. The highest BCUT2D eigenvalue weighted by Gasteiger charge is 2.26. The molecule has 0 radical (unpaired) electrons. The van der Waals surface area contributed by atoms with Crippen LogP contribution in [0.3, 0.4) is 0 Å². The molecule has 2 aromatic heterocycles. The first-order valence-electron chi connectivity index (χ1n) is 8.80. The number of esters is 1. The second kappa shape index (κ2) is 7.92. The Morgan fingerprint density at radius 3 is 2.48 bits per heavy atom. The van der Waals surface area contributed by atoms with Crippen LogP contribution >= 0.6 is 11.5 Å². The average Bonchev–Trinajstić information content (AvgIpc) is 3.13. The van der Waals surface area contributed by atoms with Crippen LogP contribution in [0.15, 0.2) is 35.1 Å². The highest BCUT2D eigenvalue weighted by atomic mass is 32.1. The lowest BCUT2D eigenvalue weighted by Crippen LogP contribution is -2.32. The van der Waals surface area contributed by atoms with E-state index in [1.165, 1.54) is 11.6 Å². The van der Waals surface area contributed by atoms with E-state index in [0.717, 1.165) is 11.5 Å². The standard InChI is InChI=1S/C19H21N5O4S/c1-10-14(16(20)29-22-10)19(27)28-12(3)17(25)21-15-11(2)23(4)24(18(15)26)13-8-6-5-7-9-13/h5-9,12H,20H2,1-4H3,(H,21,25)/t12-/m1/s1. The van der Waals surface area contributed by atoms with Gasteiger partial charge in [0.2, 0.25) is 0 Å². The minimum absolute atomic E-state index is 0.122. The molecule has 3 rings (SSSR count). The molecule has 1 amide bonds. The van der Waals surface area contributed by atoms with Gasteiger partial charge in [0.25, 0.3) is 11.5 Å². The largest absolute Gasteiger partial charge is 0.449 e. The van der Waals surface area contributed by atoms with Crippen LogP contribution in [0.5, 0.6) is 0 Å². The fourth-order valence-electron chi connectivity index (χ4n) is 2.85. The van der Waals surface area contributed by atoms with Crippen LogP contribution in [0.2, 0.25) is 0 Å². The van der Waals surface area contributed by atoms with Crippen LogP contribution in [0.25, 0.3) is 5.69 Å². The summed E-state index contributed by atoms with van der Waals surface area (Å²) in [6, 6.07) is 9.06. The number of nitrogens with one attached hydrogen (secondary N) is 1. The topological polar surface area (TPSA) is 121 Å². The highest BCUT2D eigenvalue weighted by molar-refractivity contribution is 7.10. The van der Waals surface area contributed by atoms with E-state index in [0.29, 0.717) is 17.1 Å². The molecule has 0 saturated carbocycles. The molecule has 0 aliphatic carbocycles. The SMILES string of the molecule is Cc1nsc(N)c1C(=O)O[C@H](C)C(=O)Nc1c(C)n(C)n(-c2ccccc2)c1=O. The van der Waals surface area contributed by atoms with E-state index < -0.39 is 18.0 Å². The number of anilines is 2. The zero-order valence-electron chi connectivity index (χ0n) is 16.4. The molecule has 9 nitrogen and oxygen atoms in total. The molecule has 3 N–H and O–H groups in total. The molecule has 3 aromatic rings. The summed E-state index contributed by atoms with van der Waals surface area (Å²) in [4.78, 5) is 37.7. The Bertz CT molecular complexity index is 1110. The summed E-state index contributed by atoms with van der Waals surface area (Å²) < 4.78 is 12.3. The van der Waals surface area contributed by atoms with Crippen molar-refractivity contribution in [2.24, 2.45) is 7.05 Å². The molecular weight excluding hydrogens is 394 g/mol. The summed E-state index contributed by atoms with van der Waals surface area (Å²) in [6.45, 7) is 4.77. The zero-order chi connectivity index (χ0) is 21.3. The summed E-state index contributed by atoms with van der Waals surface area (Å²) in [7, 11) is 1.72. The van der Waals surface area contributed by atoms with Gasteiger partial charge in [-0.05, 0) is 44.4 Å². The van der Waals surface area contributed by atoms with Crippen molar-refractivity contribution in [2.75, 3.05) is 11.1 Å². The molecule has 29 heavy (non-hydrogen) atoms. The first-order chi connectivity index (χ1) is 13.7. The van der Waals surface area contributed by atoms with Gasteiger partial charge >= 0.3 is 5.97 Å². The second-order valence-electron chi connectivity index (χ2n) is 6.48. The Labute approximate surface area is 170 Å². The van der Waals surface area contributed by atoms with Crippen LogP contribution in [-0.2, 0) is 16.6 Å². The summed E-state index contributed by atoms with van der Waals surface area (Å²) in [6.07, 6.45) is -1.13. The lowest BCUT2D eigenvalue weighted by atomic mass is 10.2. The number of aromatic nitrogens is 3. The number of nitrogen functional groups attached to an aromatic ring is 1. The third kappa shape index (κ3) is 3.79. The van der Waals surface area contributed by atoms with Crippen molar-refractivity contribution in [3.8, 4) is 5.69 Å². The van der Waals surface area contributed by atoms with Crippen molar-refractivity contribution in [3.05, 3.63) is 57.6 Å². The first kappa shape index (κ1) is 20.3. The van der Waals surface area contributed by atoms with E-state index >= 15 is 0 Å². The van der Waals surface area contributed by atoms with Gasteiger partial charge in [-0.1, -0.05) is 18.2 Å². The van der Waals surface area contributed by atoms with E-state index in [-0.39, 0.29) is 21.8 Å². The quantitative estimate of drug-likeness (QED) is 0.615. The molecule has 0 aliphatic rings. The number of para-hydroxylation sites is 1. The number of carbonyl (C=O) groups excluding carboxylic acids is 2. The molecule has 1 aromatic carbocycles. The number of aryl methyl sites for hydroxylation is 1. The molecule has 2 heterocycles. The van der Waals surface area contributed by atoms with Gasteiger partial charge in [-0.25, -0.2) is 9.48 Å². The number of nitrogens with zero attached hydrogens (tertiary/aromatic N) is 3. The van der Waals surface area contributed by atoms with Gasteiger partial charge in [0.1, 0.15) is 16.3 Å². The summed E-state index contributed by atoms with van der Waals surface area (Å²) in [5.41, 5.74) is 7.30. The fourth-order valence-corrected chi connectivity index (χ4v) is 3.49. The number of hydrogen-bond acceptors (Lipinski definition) is 7. The third-order valence-electron chi connectivity index (χ3n) is 4.55. The number of amides is 1. The van der Waals surface area contributed by atoms with Crippen molar-refractivity contribution in [3.63, 3.8) is 0 Å². The average molecular weight is 415 g/mol. The normalized spacial score (nSPS) is 11.9. The number of nitrogens with two attached hydrogens (primary N) is 1. The second-order valence-corrected chi connectivity index (χ2v) is 7.29. The van der Waals surface area contributed by atoms with E-state index in [2.05, 4.69) is 9.69 Å². The van der Waals surface area contributed by atoms with Gasteiger partial charge < -0.3 is 15.8 Å². The fraction of sp³-hybridized carbons (Fsp3) is 0.263. The minimum Gasteiger partial charge on any atom is -0.449 e. The number of carbonyl (C=O) groups is 2. The molecule has 0 unspecified atom stereocenters. The maximum atomic E-state index is 12.9. The third-order valence-corrected chi connectivity index (χ3v) is 5.31. The Kier molecular flexibility index (Phi) is 5.55. The van der Waals surface area contributed by atoms with Crippen molar-refractivity contribution in [2.45, 2.75) is 26.9 Å². The molecule has 0 aliphatic heterocycles. The van der Waals surface area contributed by atoms with Gasteiger partial charge in [0.05, 0.1) is 17.1 Å². The Morgan fingerprint density at radius 1 is 1.24 bits per heavy atom. The van der Waals surface area contributed by atoms with Gasteiger partial charge in [-0.15, -0.1) is 0 Å². The van der Waals surface area contributed by atoms with Crippen LogP contribution in [0.1, 0.15) is 28.7 Å². The smallest absolute Gasteiger partial charge is 0.343 e. The van der Waals surface area contributed by atoms with Crippen molar-refractivity contribution in [1.82, 2.24) is 13.7 Å². The molecule has 0 fully saturated rings. The maximum absolute atomic E-state index is 12.9. The maximum Gasteiger partial charge on any atom is 0.343 e. The van der Waals surface area contributed by atoms with Crippen LogP contribution in [-0.4, -0.2) is 31.7 Å². The number of ether oxygens (including phenoxy) is 1. The molecule has 152 valence electrons. The van der Waals surface area contributed by atoms with Gasteiger partial charge in [-0.2, -0.15) is 4.37 Å². The van der Waals surface area contributed by atoms with Crippen molar-refractivity contribution < 1.29 is 14.3 Å². The van der Waals surface area contributed by atoms with Crippen LogP contribution < -0.4 is 16.6 Å². The molecule has 0 bridgehead atoms. The lowest BCUT2D eigenvalue weighted by Gasteiger charge is -2.13. The summed E-state index contributed by atoms with van der Waals surface area (Å²) in [5, 5.41) is 2.80. The first-order valence-corrected chi connectivity index (χ1v) is 9.57. The minimum atomic E-state index is -1.13. The lowest BCUT2D eigenvalue weighted by molar-refractivity contribution is -0.123. The van der Waals surface area contributed by atoms with E-state index in [1.54, 1.807) is 37.7 Å². The number of benzene rings is 1. The van der Waals surface area contributed by atoms with Gasteiger partial charge in [-0.3, -0.25) is 14.3 Å². The molecule has 1 atom stereocenters. The van der Waals surface area contributed by atoms with E-state index in [9.17, 15) is 14.4 Å². The summed E-state index contributed by atoms with van der Waals surface area (Å²) >= 11 is 0.983. The van der Waals surface area contributed by atoms with Gasteiger partial charge in [0.15, 0.2) is 6.10 Å². The van der Waals surface area contributed by atoms with Gasteiger partial charge in [0, 0.05) is 7.05 Å². The summed E-state index contributed by atoms with van der Waals surface area (Å²) in [5.74, 6) is -1.35.